The molecule has 1 aromatic rings. The zero-order chi connectivity index (χ0) is 14.5. The van der Waals surface area contributed by atoms with Crippen LogP contribution in [0.3, 0.4) is 0 Å². The Morgan fingerprint density at radius 3 is 2.35 bits per heavy atom. The van der Waals surface area contributed by atoms with Gasteiger partial charge in [-0.05, 0) is 69.6 Å². The van der Waals surface area contributed by atoms with E-state index in [9.17, 15) is 10.2 Å². The SMILES string of the molecule is CCN1CCC(CNC(C)c2cc(O)cc(O)c2)CC1. The van der Waals surface area contributed by atoms with Crippen LogP contribution in [0.5, 0.6) is 11.5 Å². The molecule has 1 unspecified atom stereocenters. The number of likely N-dealkylation sites (tertiary alicyclic amines) is 1. The van der Waals surface area contributed by atoms with Gasteiger partial charge in [0.1, 0.15) is 11.5 Å². The number of hydrogen-bond acceptors (Lipinski definition) is 4. The van der Waals surface area contributed by atoms with Gasteiger partial charge in [-0.25, -0.2) is 0 Å². The van der Waals surface area contributed by atoms with Crippen molar-refractivity contribution in [1.29, 1.82) is 0 Å². The minimum Gasteiger partial charge on any atom is -0.508 e. The van der Waals surface area contributed by atoms with Crippen molar-refractivity contribution in [2.45, 2.75) is 32.7 Å². The Morgan fingerprint density at radius 1 is 1.20 bits per heavy atom. The van der Waals surface area contributed by atoms with Gasteiger partial charge in [0.05, 0.1) is 0 Å². The van der Waals surface area contributed by atoms with Gasteiger partial charge in [-0.3, -0.25) is 0 Å². The summed E-state index contributed by atoms with van der Waals surface area (Å²) in [7, 11) is 0. The van der Waals surface area contributed by atoms with Gasteiger partial charge < -0.3 is 20.4 Å². The molecule has 112 valence electrons. The summed E-state index contributed by atoms with van der Waals surface area (Å²) in [4.78, 5) is 2.49. The largest absolute Gasteiger partial charge is 0.508 e. The van der Waals surface area contributed by atoms with E-state index in [0.717, 1.165) is 24.6 Å². The van der Waals surface area contributed by atoms with Crippen LogP contribution in [0.1, 0.15) is 38.3 Å². The average molecular weight is 278 g/mol. The number of hydrogen-bond donors (Lipinski definition) is 3. The summed E-state index contributed by atoms with van der Waals surface area (Å²) in [5.41, 5.74) is 0.925. The first-order valence-corrected chi connectivity index (χ1v) is 7.57. The van der Waals surface area contributed by atoms with Crippen LogP contribution in [0.2, 0.25) is 0 Å². The van der Waals surface area contributed by atoms with Gasteiger partial charge in [-0.2, -0.15) is 0 Å². The maximum atomic E-state index is 9.52. The third-order valence-electron chi connectivity index (χ3n) is 4.29. The van der Waals surface area contributed by atoms with E-state index in [1.807, 2.05) is 0 Å². The Bertz CT molecular complexity index is 408. The third kappa shape index (κ3) is 4.12. The van der Waals surface area contributed by atoms with E-state index >= 15 is 0 Å². The number of rotatable bonds is 5. The van der Waals surface area contributed by atoms with Crippen LogP contribution in [0.25, 0.3) is 0 Å². The molecule has 4 nitrogen and oxygen atoms in total. The third-order valence-corrected chi connectivity index (χ3v) is 4.29. The van der Waals surface area contributed by atoms with Crippen LogP contribution in [-0.4, -0.2) is 41.3 Å². The predicted octanol–water partition coefficient (Wildman–Crippen LogP) is 2.48. The molecule has 0 radical (unpaired) electrons. The lowest BCUT2D eigenvalue weighted by atomic mass is 9.96. The number of piperidine rings is 1. The Morgan fingerprint density at radius 2 is 1.80 bits per heavy atom. The Labute approximate surface area is 121 Å². The molecule has 2 rings (SSSR count). The molecule has 1 aliphatic rings. The summed E-state index contributed by atoms with van der Waals surface area (Å²) < 4.78 is 0. The Kier molecular flexibility index (Phi) is 5.26. The lowest BCUT2D eigenvalue weighted by Crippen LogP contribution is -2.37. The summed E-state index contributed by atoms with van der Waals surface area (Å²) in [6.07, 6.45) is 2.50. The van der Waals surface area contributed by atoms with E-state index in [-0.39, 0.29) is 17.5 Å². The molecule has 0 amide bonds. The minimum absolute atomic E-state index is 0.116. The first-order chi connectivity index (χ1) is 9.58. The number of nitrogens with one attached hydrogen (secondary N) is 1. The second-order valence-corrected chi connectivity index (χ2v) is 5.79. The zero-order valence-electron chi connectivity index (χ0n) is 12.5. The van der Waals surface area contributed by atoms with Crippen LogP contribution in [0.15, 0.2) is 18.2 Å². The summed E-state index contributed by atoms with van der Waals surface area (Å²) in [6, 6.07) is 4.90. The van der Waals surface area contributed by atoms with Crippen molar-refractivity contribution in [3.8, 4) is 11.5 Å². The van der Waals surface area contributed by atoms with Crippen molar-refractivity contribution < 1.29 is 10.2 Å². The fourth-order valence-electron chi connectivity index (χ4n) is 2.84. The molecule has 1 fully saturated rings. The van der Waals surface area contributed by atoms with Crippen LogP contribution < -0.4 is 5.32 Å². The molecular weight excluding hydrogens is 252 g/mol. The summed E-state index contributed by atoms with van der Waals surface area (Å²) in [5.74, 6) is 0.959. The van der Waals surface area contributed by atoms with E-state index in [4.69, 9.17) is 0 Å². The van der Waals surface area contributed by atoms with Gasteiger partial charge in [0.2, 0.25) is 0 Å². The second-order valence-electron chi connectivity index (χ2n) is 5.79. The van der Waals surface area contributed by atoms with Gasteiger partial charge >= 0.3 is 0 Å². The highest BCUT2D eigenvalue weighted by atomic mass is 16.3. The average Bonchev–Trinajstić information content (AvgIpc) is 2.44. The van der Waals surface area contributed by atoms with E-state index in [2.05, 4.69) is 24.1 Å². The van der Waals surface area contributed by atoms with Crippen LogP contribution >= 0.6 is 0 Å². The van der Waals surface area contributed by atoms with Crippen molar-refractivity contribution in [1.82, 2.24) is 10.2 Å². The predicted molar refractivity (Wildman–Crippen MR) is 81.0 cm³/mol. The molecule has 0 bridgehead atoms. The van der Waals surface area contributed by atoms with Gasteiger partial charge in [-0.15, -0.1) is 0 Å². The standard InChI is InChI=1S/C16H26N2O2/c1-3-18-6-4-13(5-7-18)11-17-12(2)14-8-15(19)10-16(20)9-14/h8-10,12-13,17,19-20H,3-7,11H2,1-2H3. The highest BCUT2D eigenvalue weighted by Gasteiger charge is 2.18. The summed E-state index contributed by atoms with van der Waals surface area (Å²) in [5, 5.41) is 22.6. The normalized spacial score (nSPS) is 19.1. The maximum absolute atomic E-state index is 9.52. The molecule has 1 aliphatic heterocycles. The molecule has 1 heterocycles. The summed E-state index contributed by atoms with van der Waals surface area (Å²) >= 11 is 0. The molecule has 1 atom stereocenters. The van der Waals surface area contributed by atoms with Crippen molar-refractivity contribution in [3.63, 3.8) is 0 Å². The van der Waals surface area contributed by atoms with Crippen molar-refractivity contribution in [2.24, 2.45) is 5.92 Å². The molecule has 0 aliphatic carbocycles. The topological polar surface area (TPSA) is 55.7 Å². The molecule has 0 aromatic heterocycles. The number of aromatic hydroxyl groups is 2. The van der Waals surface area contributed by atoms with Crippen molar-refractivity contribution in [3.05, 3.63) is 23.8 Å². The maximum Gasteiger partial charge on any atom is 0.119 e. The van der Waals surface area contributed by atoms with Crippen LogP contribution in [-0.2, 0) is 0 Å². The van der Waals surface area contributed by atoms with Gasteiger partial charge in [-0.1, -0.05) is 6.92 Å². The van der Waals surface area contributed by atoms with Gasteiger partial charge in [0.25, 0.3) is 0 Å². The zero-order valence-corrected chi connectivity index (χ0v) is 12.5. The number of nitrogens with zero attached hydrogens (tertiary/aromatic N) is 1. The molecule has 0 saturated carbocycles. The molecule has 0 spiro atoms. The van der Waals surface area contributed by atoms with E-state index in [0.29, 0.717) is 0 Å². The van der Waals surface area contributed by atoms with E-state index in [1.165, 1.54) is 32.0 Å². The lowest BCUT2D eigenvalue weighted by Gasteiger charge is -2.31. The summed E-state index contributed by atoms with van der Waals surface area (Å²) in [6.45, 7) is 8.83. The molecule has 1 saturated heterocycles. The van der Waals surface area contributed by atoms with Crippen LogP contribution in [0, 0.1) is 5.92 Å². The second kappa shape index (κ2) is 6.95. The first-order valence-electron chi connectivity index (χ1n) is 7.57. The smallest absolute Gasteiger partial charge is 0.119 e. The number of phenols is 2. The van der Waals surface area contributed by atoms with Crippen LogP contribution in [0.4, 0.5) is 0 Å². The van der Waals surface area contributed by atoms with Crippen molar-refractivity contribution in [2.75, 3.05) is 26.2 Å². The quantitative estimate of drug-likeness (QED) is 0.774. The van der Waals surface area contributed by atoms with Crippen molar-refractivity contribution >= 4 is 0 Å². The molecule has 3 N–H and O–H groups in total. The number of phenolic OH excluding ortho intramolecular Hbond substituents is 2. The number of benzene rings is 1. The molecule has 1 aromatic carbocycles. The van der Waals surface area contributed by atoms with E-state index < -0.39 is 0 Å². The van der Waals surface area contributed by atoms with E-state index in [1.54, 1.807) is 12.1 Å². The highest BCUT2D eigenvalue weighted by molar-refractivity contribution is 5.37. The minimum atomic E-state index is 0.116. The molecule has 20 heavy (non-hydrogen) atoms. The molecule has 4 heteroatoms. The fourth-order valence-corrected chi connectivity index (χ4v) is 2.84. The highest BCUT2D eigenvalue weighted by Crippen LogP contribution is 2.25. The molecular formula is C16H26N2O2. The Hall–Kier alpha value is -1.26. The first kappa shape index (κ1) is 15.1. The Balaban J connectivity index is 1.81. The van der Waals surface area contributed by atoms with Gasteiger partial charge in [0, 0.05) is 12.1 Å². The monoisotopic (exact) mass is 278 g/mol. The fraction of sp³-hybridized carbons (Fsp3) is 0.625. The van der Waals surface area contributed by atoms with Gasteiger partial charge in [0.15, 0.2) is 0 Å². The lowest BCUT2D eigenvalue weighted by molar-refractivity contribution is 0.188.